The zero-order chi connectivity index (χ0) is 13.1. The van der Waals surface area contributed by atoms with Crippen molar-refractivity contribution in [1.82, 2.24) is 4.57 Å². The molecule has 19 heavy (non-hydrogen) atoms. The van der Waals surface area contributed by atoms with Crippen molar-refractivity contribution in [2.75, 3.05) is 0 Å². The molecular weight excluding hydrogens is 230 g/mol. The van der Waals surface area contributed by atoms with E-state index in [0.29, 0.717) is 0 Å². The molecule has 1 heteroatoms. The third kappa shape index (κ3) is 2.45. The van der Waals surface area contributed by atoms with Gasteiger partial charge >= 0.3 is 0 Å². The molecule has 3 rings (SSSR count). The minimum atomic E-state index is 0.930. The van der Waals surface area contributed by atoms with Crippen molar-refractivity contribution in [3.05, 3.63) is 84.2 Å². The minimum Gasteiger partial charge on any atom is -0.347 e. The normalized spacial score (nSPS) is 10.6. The smallest absolute Gasteiger partial charge is 0.0472 e. The number of nitrogens with zero attached hydrogens (tertiary/aromatic N) is 1. The van der Waals surface area contributed by atoms with E-state index < -0.39 is 0 Å². The fourth-order valence-electron chi connectivity index (χ4n) is 2.43. The lowest BCUT2D eigenvalue weighted by Crippen LogP contribution is -2.00. The lowest BCUT2D eigenvalue weighted by Gasteiger charge is -2.08. The highest BCUT2D eigenvalue weighted by Gasteiger charge is 2.06. The van der Waals surface area contributed by atoms with Gasteiger partial charge in [-0.3, -0.25) is 0 Å². The summed E-state index contributed by atoms with van der Waals surface area (Å²) in [6.07, 6.45) is 2.17. The van der Waals surface area contributed by atoms with Gasteiger partial charge in [0.15, 0.2) is 0 Å². The van der Waals surface area contributed by atoms with Gasteiger partial charge in [-0.05, 0) is 24.1 Å². The Morgan fingerprint density at radius 1 is 0.789 bits per heavy atom. The minimum absolute atomic E-state index is 0.930. The van der Waals surface area contributed by atoms with Crippen LogP contribution >= 0.6 is 0 Å². The monoisotopic (exact) mass is 247 g/mol. The predicted octanol–water partition coefficient (Wildman–Crippen LogP) is 4.51. The lowest BCUT2D eigenvalue weighted by atomic mass is 10.1. The summed E-state index contributed by atoms with van der Waals surface area (Å²) in [5.41, 5.74) is 5.25. The zero-order valence-electron chi connectivity index (χ0n) is 11.1. The SMILES string of the molecule is Cc1c(-c2ccccc2)ccn1Cc1ccccc1. The van der Waals surface area contributed by atoms with Gasteiger partial charge in [0.1, 0.15) is 0 Å². The van der Waals surface area contributed by atoms with Crippen molar-refractivity contribution >= 4 is 0 Å². The summed E-state index contributed by atoms with van der Waals surface area (Å²) in [4.78, 5) is 0. The van der Waals surface area contributed by atoms with Crippen molar-refractivity contribution in [1.29, 1.82) is 0 Å². The van der Waals surface area contributed by atoms with Crippen LogP contribution in [0, 0.1) is 6.92 Å². The van der Waals surface area contributed by atoms with E-state index in [-0.39, 0.29) is 0 Å². The van der Waals surface area contributed by atoms with Crippen LogP contribution in [0.25, 0.3) is 11.1 Å². The van der Waals surface area contributed by atoms with Crippen molar-refractivity contribution < 1.29 is 0 Å². The highest BCUT2D eigenvalue weighted by molar-refractivity contribution is 5.66. The van der Waals surface area contributed by atoms with Crippen molar-refractivity contribution in [2.24, 2.45) is 0 Å². The molecule has 3 aromatic rings. The highest BCUT2D eigenvalue weighted by atomic mass is 15.0. The van der Waals surface area contributed by atoms with Gasteiger partial charge in [0.25, 0.3) is 0 Å². The van der Waals surface area contributed by atoms with Crippen LogP contribution in [0.3, 0.4) is 0 Å². The molecule has 0 spiro atoms. The molecule has 0 bridgehead atoms. The molecule has 2 aromatic carbocycles. The van der Waals surface area contributed by atoms with Gasteiger partial charge in [0.05, 0.1) is 0 Å². The van der Waals surface area contributed by atoms with Crippen LogP contribution in [-0.2, 0) is 6.54 Å². The maximum absolute atomic E-state index is 2.30. The summed E-state index contributed by atoms with van der Waals surface area (Å²) in [7, 11) is 0. The van der Waals surface area contributed by atoms with Crippen LogP contribution in [0.5, 0.6) is 0 Å². The van der Waals surface area contributed by atoms with E-state index >= 15 is 0 Å². The fraction of sp³-hybridized carbons (Fsp3) is 0.111. The molecule has 1 heterocycles. The molecule has 0 aliphatic rings. The molecule has 94 valence electrons. The van der Waals surface area contributed by atoms with Crippen LogP contribution in [0.15, 0.2) is 72.9 Å². The Labute approximate surface area is 114 Å². The van der Waals surface area contributed by atoms with Crippen molar-refractivity contribution in [2.45, 2.75) is 13.5 Å². The number of hydrogen-bond donors (Lipinski definition) is 0. The molecule has 1 aromatic heterocycles. The van der Waals surface area contributed by atoms with Crippen LogP contribution in [0.2, 0.25) is 0 Å². The third-order valence-corrected chi connectivity index (χ3v) is 3.52. The first-order valence-electron chi connectivity index (χ1n) is 6.59. The van der Waals surface area contributed by atoms with Gasteiger partial charge in [0.2, 0.25) is 0 Å². The second-order valence-electron chi connectivity index (χ2n) is 4.79. The van der Waals surface area contributed by atoms with Crippen LogP contribution in [-0.4, -0.2) is 4.57 Å². The average Bonchev–Trinajstić information content (AvgIpc) is 2.82. The molecule has 0 saturated carbocycles. The second kappa shape index (κ2) is 5.15. The van der Waals surface area contributed by atoms with E-state index in [4.69, 9.17) is 0 Å². The lowest BCUT2D eigenvalue weighted by molar-refractivity contribution is 0.777. The molecule has 0 amide bonds. The molecule has 0 aliphatic carbocycles. The van der Waals surface area contributed by atoms with Gasteiger partial charge in [-0.15, -0.1) is 0 Å². The molecule has 0 unspecified atom stereocenters. The molecule has 1 nitrogen and oxygen atoms in total. The van der Waals surface area contributed by atoms with Crippen LogP contribution in [0.1, 0.15) is 11.3 Å². The standard InChI is InChI=1S/C18H17N/c1-15-18(17-10-6-3-7-11-17)12-13-19(15)14-16-8-4-2-5-9-16/h2-13H,14H2,1H3. The van der Waals surface area contributed by atoms with Gasteiger partial charge in [-0.25, -0.2) is 0 Å². The highest BCUT2D eigenvalue weighted by Crippen LogP contribution is 2.24. The Morgan fingerprint density at radius 3 is 2.11 bits per heavy atom. The Bertz CT molecular complexity index is 651. The van der Waals surface area contributed by atoms with Crippen LogP contribution < -0.4 is 0 Å². The van der Waals surface area contributed by atoms with Crippen molar-refractivity contribution in [3.63, 3.8) is 0 Å². The fourth-order valence-corrected chi connectivity index (χ4v) is 2.43. The Morgan fingerprint density at radius 2 is 1.42 bits per heavy atom. The van der Waals surface area contributed by atoms with Gasteiger partial charge in [-0.2, -0.15) is 0 Å². The number of aromatic nitrogens is 1. The van der Waals surface area contributed by atoms with E-state index in [1.165, 1.54) is 22.4 Å². The molecule has 0 fully saturated rings. The predicted molar refractivity (Wildman–Crippen MR) is 80.1 cm³/mol. The van der Waals surface area contributed by atoms with E-state index in [9.17, 15) is 0 Å². The summed E-state index contributed by atoms with van der Waals surface area (Å²) in [6.45, 7) is 3.12. The maximum atomic E-state index is 2.30. The van der Waals surface area contributed by atoms with Crippen LogP contribution in [0.4, 0.5) is 0 Å². The Kier molecular flexibility index (Phi) is 3.20. The topological polar surface area (TPSA) is 4.93 Å². The first kappa shape index (κ1) is 11.8. The Balaban J connectivity index is 1.92. The second-order valence-corrected chi connectivity index (χ2v) is 4.79. The number of rotatable bonds is 3. The molecule has 0 aliphatic heterocycles. The number of hydrogen-bond acceptors (Lipinski definition) is 0. The third-order valence-electron chi connectivity index (χ3n) is 3.52. The first-order chi connectivity index (χ1) is 9.34. The van der Waals surface area contributed by atoms with E-state index in [2.05, 4.69) is 84.4 Å². The summed E-state index contributed by atoms with van der Waals surface area (Å²) in [6, 6.07) is 23.3. The van der Waals surface area contributed by atoms with E-state index in [1.54, 1.807) is 0 Å². The zero-order valence-corrected chi connectivity index (χ0v) is 11.1. The van der Waals surface area contributed by atoms with Gasteiger partial charge < -0.3 is 4.57 Å². The van der Waals surface area contributed by atoms with Gasteiger partial charge in [0, 0.05) is 24.0 Å². The summed E-state index contributed by atoms with van der Waals surface area (Å²) >= 11 is 0. The quantitative estimate of drug-likeness (QED) is 0.641. The summed E-state index contributed by atoms with van der Waals surface area (Å²) in [5, 5.41) is 0. The first-order valence-corrected chi connectivity index (χ1v) is 6.59. The largest absolute Gasteiger partial charge is 0.347 e. The molecule has 0 N–H and O–H groups in total. The summed E-state index contributed by atoms with van der Waals surface area (Å²) < 4.78 is 2.30. The molecular formula is C18H17N. The average molecular weight is 247 g/mol. The number of benzene rings is 2. The molecule has 0 radical (unpaired) electrons. The molecule has 0 atom stereocenters. The Hall–Kier alpha value is -2.28. The summed E-state index contributed by atoms with van der Waals surface area (Å²) in [5.74, 6) is 0. The molecule has 0 saturated heterocycles. The van der Waals surface area contributed by atoms with Gasteiger partial charge in [-0.1, -0.05) is 60.7 Å². The van der Waals surface area contributed by atoms with Crippen molar-refractivity contribution in [3.8, 4) is 11.1 Å². The van der Waals surface area contributed by atoms with E-state index in [0.717, 1.165) is 6.54 Å². The van der Waals surface area contributed by atoms with E-state index in [1.807, 2.05) is 0 Å². The maximum Gasteiger partial charge on any atom is 0.0472 e.